The van der Waals surface area contributed by atoms with Gasteiger partial charge in [0, 0.05) is 24.8 Å². The molecule has 0 radical (unpaired) electrons. The van der Waals surface area contributed by atoms with Gasteiger partial charge in [0.05, 0.1) is 0 Å². The number of hydrogen-bond acceptors (Lipinski definition) is 3. The van der Waals surface area contributed by atoms with E-state index in [1.54, 1.807) is 29.7 Å². The summed E-state index contributed by atoms with van der Waals surface area (Å²) in [5.74, 6) is 0. The average molecular weight is 123 g/mol. The summed E-state index contributed by atoms with van der Waals surface area (Å²) in [6, 6.07) is 0. The molecule has 0 amide bonds. The third kappa shape index (κ3) is 6.39. The van der Waals surface area contributed by atoms with Gasteiger partial charge in [-0.15, -0.1) is 5.53 Å². The molecule has 0 aliphatic rings. The smallest absolute Gasteiger partial charge is 0.0451 e. The normalized spacial score (nSPS) is 6.22. The van der Waals surface area contributed by atoms with Gasteiger partial charge < -0.3 is 0 Å². The van der Waals surface area contributed by atoms with E-state index in [0.29, 0.717) is 0 Å². The zero-order valence-corrected chi connectivity index (χ0v) is 4.60. The lowest BCUT2D eigenvalue weighted by Crippen LogP contribution is -1.66. The first kappa shape index (κ1) is 7.39. The van der Waals surface area contributed by atoms with Crippen LogP contribution in [0.5, 0.6) is 0 Å². The average Bonchev–Trinajstić information content (AvgIpc) is 1.93. The van der Waals surface area contributed by atoms with Gasteiger partial charge in [0.25, 0.3) is 0 Å². The minimum Gasteiger partial charge on any atom is -0.262 e. The second kappa shape index (κ2) is 6.39. The maximum absolute atomic E-state index is 6.86. The largest absolute Gasteiger partial charge is 0.262 e. The van der Waals surface area contributed by atoms with Gasteiger partial charge in [-0.3, -0.25) is 9.97 Å². The van der Waals surface area contributed by atoms with Crippen LogP contribution in [0.2, 0.25) is 0 Å². The molecular formula is C4H5N5. The SMILES string of the molecule is [N-]=[N+]=N.c1cnccn1. The van der Waals surface area contributed by atoms with Gasteiger partial charge in [-0.2, -0.15) is 0 Å². The van der Waals surface area contributed by atoms with Gasteiger partial charge in [-0.05, 0) is 10.4 Å². The van der Waals surface area contributed by atoms with E-state index in [4.69, 9.17) is 11.1 Å². The quantitative estimate of drug-likeness (QED) is 0.320. The molecule has 0 spiro atoms. The summed E-state index contributed by atoms with van der Waals surface area (Å²) in [5, 5.41) is 0. The Balaban J connectivity index is 0.000000187. The van der Waals surface area contributed by atoms with Gasteiger partial charge in [-0.25, -0.2) is 0 Å². The van der Waals surface area contributed by atoms with Crippen molar-refractivity contribution in [2.75, 3.05) is 0 Å². The topological polar surface area (TPSA) is 86.0 Å². The summed E-state index contributed by atoms with van der Waals surface area (Å²) in [6.07, 6.45) is 6.56. The van der Waals surface area contributed by atoms with Crippen LogP contribution in [0.15, 0.2) is 24.8 Å². The summed E-state index contributed by atoms with van der Waals surface area (Å²) in [6.45, 7) is 0. The van der Waals surface area contributed by atoms with Crippen LogP contribution in [0.25, 0.3) is 10.4 Å². The number of nitrogens with zero attached hydrogens (tertiary/aromatic N) is 4. The van der Waals surface area contributed by atoms with Crippen LogP contribution in [-0.4, -0.2) is 9.97 Å². The van der Waals surface area contributed by atoms with E-state index in [1.165, 1.54) is 0 Å². The minimum atomic E-state index is 1.64. The molecule has 1 aromatic heterocycles. The number of aromatic nitrogens is 2. The molecular weight excluding hydrogens is 118 g/mol. The molecule has 5 nitrogen and oxygen atoms in total. The lowest BCUT2D eigenvalue weighted by molar-refractivity contribution is 1.20. The van der Waals surface area contributed by atoms with Crippen molar-refractivity contribution in [3.05, 3.63) is 35.2 Å². The first-order chi connectivity index (χ1) is 4.41. The fourth-order valence-electron chi connectivity index (χ4n) is 0.253. The van der Waals surface area contributed by atoms with Crippen LogP contribution < -0.4 is 0 Å². The molecule has 0 aliphatic carbocycles. The first-order valence-corrected chi connectivity index (χ1v) is 2.12. The monoisotopic (exact) mass is 123 g/mol. The van der Waals surface area contributed by atoms with Crippen molar-refractivity contribution < 1.29 is 0 Å². The highest BCUT2D eigenvalue weighted by atomic mass is 15.0. The van der Waals surface area contributed by atoms with Crippen molar-refractivity contribution in [3.8, 4) is 0 Å². The summed E-state index contributed by atoms with van der Waals surface area (Å²) >= 11 is 0. The Morgan fingerprint density at radius 1 is 1.11 bits per heavy atom. The van der Waals surface area contributed by atoms with E-state index in [9.17, 15) is 0 Å². The first-order valence-electron chi connectivity index (χ1n) is 2.12. The Morgan fingerprint density at radius 2 is 1.33 bits per heavy atom. The highest BCUT2D eigenvalue weighted by molar-refractivity contribution is 4.70. The van der Waals surface area contributed by atoms with Crippen molar-refractivity contribution in [2.24, 2.45) is 0 Å². The number of rotatable bonds is 0. The molecule has 1 heterocycles. The zero-order chi connectivity index (χ0) is 6.95. The van der Waals surface area contributed by atoms with Gasteiger partial charge in [0.15, 0.2) is 0 Å². The van der Waals surface area contributed by atoms with Gasteiger partial charge >= 0.3 is 0 Å². The predicted molar refractivity (Wildman–Crippen MR) is 31.5 cm³/mol. The van der Waals surface area contributed by atoms with Crippen LogP contribution in [0.3, 0.4) is 0 Å². The Bertz CT molecular complexity index is 139. The van der Waals surface area contributed by atoms with Crippen LogP contribution in [-0.2, 0) is 0 Å². The van der Waals surface area contributed by atoms with E-state index in [0.717, 1.165) is 0 Å². The molecule has 0 bridgehead atoms. The van der Waals surface area contributed by atoms with E-state index in [-0.39, 0.29) is 0 Å². The zero-order valence-electron chi connectivity index (χ0n) is 4.60. The molecule has 0 aliphatic heterocycles. The van der Waals surface area contributed by atoms with Crippen LogP contribution >= 0.6 is 0 Å². The third-order valence-electron chi connectivity index (χ3n) is 0.478. The highest BCUT2D eigenvalue weighted by Gasteiger charge is 1.59. The molecule has 0 aromatic carbocycles. The maximum atomic E-state index is 6.86. The van der Waals surface area contributed by atoms with Crippen LogP contribution in [0, 0.1) is 5.53 Å². The van der Waals surface area contributed by atoms with Crippen molar-refractivity contribution >= 4 is 0 Å². The number of hydrogen-bond donors (Lipinski definition) is 1. The molecule has 1 N–H and O–H groups in total. The fourth-order valence-corrected chi connectivity index (χ4v) is 0.253. The molecule has 1 rings (SSSR count). The van der Waals surface area contributed by atoms with Crippen molar-refractivity contribution in [1.82, 2.24) is 9.97 Å². The molecule has 5 heteroatoms. The van der Waals surface area contributed by atoms with Crippen molar-refractivity contribution in [1.29, 1.82) is 5.53 Å². The maximum Gasteiger partial charge on any atom is 0.0451 e. The fraction of sp³-hybridized carbons (Fsp3) is 0. The summed E-state index contributed by atoms with van der Waals surface area (Å²) < 4.78 is 0. The van der Waals surface area contributed by atoms with Crippen LogP contribution in [0.1, 0.15) is 0 Å². The van der Waals surface area contributed by atoms with Gasteiger partial charge in [-0.1, -0.05) is 0 Å². The summed E-state index contributed by atoms with van der Waals surface area (Å²) in [5.41, 5.74) is 12.2. The molecule has 1 aromatic rings. The molecule has 0 unspecified atom stereocenters. The van der Waals surface area contributed by atoms with E-state index in [2.05, 4.69) is 9.97 Å². The second-order valence-corrected chi connectivity index (χ2v) is 0.994. The van der Waals surface area contributed by atoms with Crippen molar-refractivity contribution in [2.45, 2.75) is 0 Å². The van der Waals surface area contributed by atoms with E-state index < -0.39 is 0 Å². The molecule has 0 saturated heterocycles. The standard InChI is InChI=1S/C4H4N2.HN3/c1-2-6-4-3-5-1;1-3-2/h1-4H;1H. The lowest BCUT2D eigenvalue weighted by atomic mass is 10.8. The Labute approximate surface area is 51.8 Å². The van der Waals surface area contributed by atoms with E-state index in [1.807, 2.05) is 0 Å². The Hall–Kier alpha value is -1.61. The molecule has 9 heavy (non-hydrogen) atoms. The van der Waals surface area contributed by atoms with Crippen LogP contribution in [0.4, 0.5) is 0 Å². The number of nitrogens with one attached hydrogen (secondary N) is 1. The summed E-state index contributed by atoms with van der Waals surface area (Å²) in [7, 11) is 0. The molecule has 0 saturated carbocycles. The predicted octanol–water partition coefficient (Wildman–Crippen LogP) is 1.35. The third-order valence-corrected chi connectivity index (χ3v) is 0.478. The second-order valence-electron chi connectivity index (χ2n) is 0.994. The minimum absolute atomic E-state index is 1.64. The Kier molecular flexibility index (Phi) is 5.25. The lowest BCUT2D eigenvalue weighted by Gasteiger charge is -1.70. The molecule has 0 fully saturated rings. The Morgan fingerprint density at radius 3 is 1.44 bits per heavy atom. The summed E-state index contributed by atoms with van der Waals surface area (Å²) in [4.78, 5) is 9.19. The highest BCUT2D eigenvalue weighted by Crippen LogP contribution is 1.65. The molecule has 0 atom stereocenters. The van der Waals surface area contributed by atoms with E-state index >= 15 is 0 Å². The molecule has 46 valence electrons. The van der Waals surface area contributed by atoms with Gasteiger partial charge in [0.1, 0.15) is 0 Å². The van der Waals surface area contributed by atoms with Crippen molar-refractivity contribution in [3.63, 3.8) is 0 Å². The van der Waals surface area contributed by atoms with Gasteiger partial charge in [0.2, 0.25) is 0 Å².